The van der Waals surface area contributed by atoms with Crippen molar-refractivity contribution in [3.63, 3.8) is 0 Å². The quantitative estimate of drug-likeness (QED) is 0.828. The van der Waals surface area contributed by atoms with Gasteiger partial charge < -0.3 is 14.8 Å². The molecule has 0 bridgehead atoms. The van der Waals surface area contributed by atoms with E-state index in [1.807, 2.05) is 56.3 Å². The summed E-state index contributed by atoms with van der Waals surface area (Å²) >= 11 is 0. The van der Waals surface area contributed by atoms with Gasteiger partial charge in [-0.05, 0) is 50.2 Å². The van der Waals surface area contributed by atoms with Gasteiger partial charge in [0.05, 0.1) is 31.4 Å². The van der Waals surface area contributed by atoms with Crippen molar-refractivity contribution in [2.75, 3.05) is 19.5 Å². The first-order valence-electron chi connectivity index (χ1n) is 7.39. The lowest BCUT2D eigenvalue weighted by molar-refractivity contribution is -0.151. The van der Waals surface area contributed by atoms with Crippen molar-refractivity contribution in [3.05, 3.63) is 54.4 Å². The van der Waals surface area contributed by atoms with Gasteiger partial charge in [0.2, 0.25) is 0 Å². The summed E-state index contributed by atoms with van der Waals surface area (Å²) in [5.41, 5.74) is 0.861. The van der Waals surface area contributed by atoms with Crippen LogP contribution in [0.25, 0.3) is 0 Å². The number of carbonyl (C=O) groups is 1. The van der Waals surface area contributed by atoms with Crippen LogP contribution in [0.15, 0.2) is 48.7 Å². The maximum absolute atomic E-state index is 12.2. The van der Waals surface area contributed by atoms with Crippen molar-refractivity contribution < 1.29 is 14.3 Å². The van der Waals surface area contributed by atoms with Crippen LogP contribution in [0.1, 0.15) is 25.6 Å². The Bertz CT molecular complexity index is 639. The summed E-state index contributed by atoms with van der Waals surface area (Å²) in [6.45, 7) is 3.68. The van der Waals surface area contributed by atoms with Crippen LogP contribution in [0.4, 0.5) is 5.69 Å². The van der Waals surface area contributed by atoms with Gasteiger partial charge in [-0.1, -0.05) is 6.07 Å². The zero-order valence-corrected chi connectivity index (χ0v) is 13.9. The molecule has 1 heterocycles. The zero-order valence-electron chi connectivity index (χ0n) is 13.9. The molecular formula is C18H22N2O3. The number of benzene rings is 1. The van der Waals surface area contributed by atoms with Gasteiger partial charge in [0, 0.05) is 11.9 Å². The molecule has 0 fully saturated rings. The fraction of sp³-hybridized carbons (Fsp3) is 0.333. The number of ether oxygens (including phenoxy) is 2. The fourth-order valence-electron chi connectivity index (χ4n) is 2.41. The van der Waals surface area contributed by atoms with Gasteiger partial charge in [-0.25, -0.2) is 0 Å². The number of rotatable bonds is 6. The van der Waals surface area contributed by atoms with E-state index in [4.69, 9.17) is 9.47 Å². The number of esters is 1. The second-order valence-corrected chi connectivity index (χ2v) is 5.77. The molecule has 23 heavy (non-hydrogen) atoms. The molecule has 2 aromatic rings. The van der Waals surface area contributed by atoms with Gasteiger partial charge in [0.25, 0.3) is 0 Å². The smallest absolute Gasteiger partial charge is 0.313 e. The summed E-state index contributed by atoms with van der Waals surface area (Å²) in [4.78, 5) is 16.6. The van der Waals surface area contributed by atoms with Gasteiger partial charge in [0.1, 0.15) is 5.75 Å². The molecule has 0 saturated heterocycles. The summed E-state index contributed by atoms with van der Waals surface area (Å²) < 4.78 is 10.1. The Morgan fingerprint density at radius 2 is 1.83 bits per heavy atom. The number of pyridine rings is 1. The van der Waals surface area contributed by atoms with E-state index in [1.165, 1.54) is 7.11 Å². The van der Waals surface area contributed by atoms with Crippen molar-refractivity contribution in [1.29, 1.82) is 0 Å². The standard InChI is InChI=1S/C18H22N2O3/c1-18(2,17(21)23-4)16(15-7-5-6-12-19-15)20-13-8-10-14(22-3)11-9-13/h5-12,16,20H,1-4H3. The molecule has 0 aliphatic heterocycles. The Balaban J connectivity index is 2.35. The van der Waals surface area contributed by atoms with Gasteiger partial charge in [0.15, 0.2) is 0 Å². The van der Waals surface area contributed by atoms with Crippen LogP contribution in [0, 0.1) is 5.41 Å². The van der Waals surface area contributed by atoms with E-state index in [1.54, 1.807) is 13.3 Å². The lowest BCUT2D eigenvalue weighted by Gasteiger charge is -2.32. The number of aromatic nitrogens is 1. The molecule has 1 atom stereocenters. The van der Waals surface area contributed by atoms with Crippen LogP contribution >= 0.6 is 0 Å². The molecule has 0 aliphatic rings. The predicted molar refractivity (Wildman–Crippen MR) is 89.4 cm³/mol. The largest absolute Gasteiger partial charge is 0.497 e. The van der Waals surface area contributed by atoms with E-state index in [0.29, 0.717) is 0 Å². The minimum atomic E-state index is -0.789. The molecular weight excluding hydrogens is 292 g/mol. The molecule has 1 aromatic carbocycles. The van der Waals surface area contributed by atoms with Crippen molar-refractivity contribution in [2.24, 2.45) is 5.41 Å². The first kappa shape index (κ1) is 16.8. The molecule has 5 nitrogen and oxygen atoms in total. The van der Waals surface area contributed by atoms with Gasteiger partial charge in [-0.15, -0.1) is 0 Å². The molecule has 0 amide bonds. The van der Waals surface area contributed by atoms with Crippen LogP contribution in [0.2, 0.25) is 0 Å². The maximum Gasteiger partial charge on any atom is 0.313 e. The average molecular weight is 314 g/mol. The van der Waals surface area contributed by atoms with Gasteiger partial charge in [-0.2, -0.15) is 0 Å². The third kappa shape index (κ3) is 3.80. The Morgan fingerprint density at radius 1 is 1.13 bits per heavy atom. The van der Waals surface area contributed by atoms with Crippen molar-refractivity contribution in [3.8, 4) is 5.75 Å². The highest BCUT2D eigenvalue weighted by atomic mass is 16.5. The number of methoxy groups -OCH3 is 2. The van der Waals surface area contributed by atoms with E-state index >= 15 is 0 Å². The first-order chi connectivity index (χ1) is 11.0. The van der Waals surface area contributed by atoms with E-state index in [9.17, 15) is 4.79 Å². The SMILES string of the molecule is COC(=O)C(C)(C)C(Nc1ccc(OC)cc1)c1ccccn1. The molecule has 2 rings (SSSR count). The van der Waals surface area contributed by atoms with Crippen molar-refractivity contribution in [2.45, 2.75) is 19.9 Å². The number of nitrogens with zero attached hydrogens (tertiary/aromatic N) is 1. The van der Waals surface area contributed by atoms with Crippen LogP contribution in [-0.2, 0) is 9.53 Å². The first-order valence-corrected chi connectivity index (χ1v) is 7.39. The van der Waals surface area contributed by atoms with Crippen LogP contribution in [-0.4, -0.2) is 25.2 Å². The molecule has 0 radical (unpaired) electrons. The van der Waals surface area contributed by atoms with E-state index in [0.717, 1.165) is 17.1 Å². The highest BCUT2D eigenvalue weighted by Gasteiger charge is 2.39. The molecule has 0 spiro atoms. The van der Waals surface area contributed by atoms with Crippen molar-refractivity contribution in [1.82, 2.24) is 4.98 Å². The minimum absolute atomic E-state index is 0.297. The summed E-state index contributed by atoms with van der Waals surface area (Å²) in [6.07, 6.45) is 1.71. The maximum atomic E-state index is 12.2. The van der Waals surface area contributed by atoms with E-state index in [2.05, 4.69) is 10.3 Å². The van der Waals surface area contributed by atoms with Crippen LogP contribution < -0.4 is 10.1 Å². The fourth-order valence-corrected chi connectivity index (χ4v) is 2.41. The molecule has 1 aromatic heterocycles. The molecule has 0 saturated carbocycles. The highest BCUT2D eigenvalue weighted by molar-refractivity contribution is 5.77. The Labute approximate surface area is 136 Å². The molecule has 5 heteroatoms. The third-order valence-corrected chi connectivity index (χ3v) is 3.82. The molecule has 1 N–H and O–H groups in total. The van der Waals surface area contributed by atoms with E-state index in [-0.39, 0.29) is 12.0 Å². The number of carbonyl (C=O) groups excluding carboxylic acids is 1. The van der Waals surface area contributed by atoms with Gasteiger partial charge >= 0.3 is 5.97 Å². The third-order valence-electron chi connectivity index (χ3n) is 3.82. The van der Waals surface area contributed by atoms with E-state index < -0.39 is 5.41 Å². The average Bonchev–Trinajstić information content (AvgIpc) is 2.60. The van der Waals surface area contributed by atoms with Crippen LogP contribution in [0.3, 0.4) is 0 Å². The second-order valence-electron chi connectivity index (χ2n) is 5.77. The summed E-state index contributed by atoms with van der Waals surface area (Å²) in [6, 6.07) is 12.9. The minimum Gasteiger partial charge on any atom is -0.497 e. The summed E-state index contributed by atoms with van der Waals surface area (Å²) in [5, 5.41) is 3.38. The van der Waals surface area contributed by atoms with Crippen LogP contribution in [0.5, 0.6) is 5.75 Å². The normalized spacial score (nSPS) is 12.3. The second kappa shape index (κ2) is 7.13. The Kier molecular flexibility index (Phi) is 5.21. The molecule has 1 unspecified atom stereocenters. The number of nitrogens with one attached hydrogen (secondary N) is 1. The summed E-state index contributed by atoms with van der Waals surface area (Å²) in [7, 11) is 3.02. The topological polar surface area (TPSA) is 60.5 Å². The highest BCUT2D eigenvalue weighted by Crippen LogP contribution is 2.36. The lowest BCUT2D eigenvalue weighted by atomic mass is 9.82. The monoisotopic (exact) mass is 314 g/mol. The lowest BCUT2D eigenvalue weighted by Crippen LogP contribution is -2.37. The van der Waals surface area contributed by atoms with Gasteiger partial charge in [-0.3, -0.25) is 9.78 Å². The predicted octanol–water partition coefficient (Wildman–Crippen LogP) is 3.44. The Hall–Kier alpha value is -2.56. The molecule has 0 aliphatic carbocycles. The van der Waals surface area contributed by atoms with Crippen molar-refractivity contribution >= 4 is 11.7 Å². The number of hydrogen-bond acceptors (Lipinski definition) is 5. The Morgan fingerprint density at radius 3 is 2.35 bits per heavy atom. The number of hydrogen-bond donors (Lipinski definition) is 1. The summed E-state index contributed by atoms with van der Waals surface area (Å²) in [5.74, 6) is 0.478. The molecule has 122 valence electrons. The number of anilines is 1. The zero-order chi connectivity index (χ0) is 16.9.